The quantitative estimate of drug-likeness (QED) is 0.471. The third-order valence-corrected chi connectivity index (χ3v) is 5.44. The van der Waals surface area contributed by atoms with Crippen LogP contribution in [0.5, 0.6) is 0 Å². The molecule has 0 bridgehead atoms. The number of halogens is 2. The van der Waals surface area contributed by atoms with E-state index in [9.17, 15) is 18.8 Å². The van der Waals surface area contributed by atoms with Crippen LogP contribution in [0.2, 0.25) is 5.02 Å². The van der Waals surface area contributed by atoms with Gasteiger partial charge in [0.25, 0.3) is 0 Å². The van der Waals surface area contributed by atoms with Crippen LogP contribution in [-0.4, -0.2) is 55.2 Å². The Morgan fingerprint density at radius 2 is 1.91 bits per heavy atom. The Hall–Kier alpha value is -3.72. The van der Waals surface area contributed by atoms with Gasteiger partial charge in [-0.25, -0.2) is 19.0 Å². The first-order chi connectivity index (χ1) is 16.3. The SMILES string of the molecule is COC(=O)c1ccc(Cl)c(CCC(=O)N(C)CCOC(=O)Nc2cc3cc(F)ccc3cn2)c1. The maximum atomic E-state index is 13.4. The van der Waals surface area contributed by atoms with Crippen LogP contribution < -0.4 is 5.32 Å². The third kappa shape index (κ3) is 6.64. The highest BCUT2D eigenvalue weighted by Gasteiger charge is 2.14. The monoisotopic (exact) mass is 487 g/mol. The summed E-state index contributed by atoms with van der Waals surface area (Å²) in [5.41, 5.74) is 1.01. The number of ether oxygens (including phenoxy) is 2. The molecule has 0 atom stereocenters. The maximum Gasteiger partial charge on any atom is 0.412 e. The molecule has 10 heteroatoms. The average molecular weight is 488 g/mol. The number of methoxy groups -OCH3 is 1. The van der Waals surface area contributed by atoms with Gasteiger partial charge in [0, 0.05) is 30.1 Å². The van der Waals surface area contributed by atoms with Crippen LogP contribution in [0, 0.1) is 5.82 Å². The Labute approximate surface area is 200 Å². The van der Waals surface area contributed by atoms with Gasteiger partial charge >= 0.3 is 12.1 Å². The summed E-state index contributed by atoms with van der Waals surface area (Å²) in [7, 11) is 2.88. The van der Waals surface area contributed by atoms with Gasteiger partial charge in [-0.1, -0.05) is 11.6 Å². The van der Waals surface area contributed by atoms with Gasteiger partial charge in [0.1, 0.15) is 18.2 Å². The number of fused-ring (bicyclic) bond motifs is 1. The second kappa shape index (κ2) is 11.4. The lowest BCUT2D eigenvalue weighted by molar-refractivity contribution is -0.130. The molecule has 0 radical (unpaired) electrons. The molecule has 0 aliphatic heterocycles. The second-order valence-corrected chi connectivity index (χ2v) is 7.84. The number of esters is 1. The minimum Gasteiger partial charge on any atom is -0.465 e. The number of pyridine rings is 1. The van der Waals surface area contributed by atoms with Gasteiger partial charge in [0.15, 0.2) is 0 Å². The Bertz CT molecular complexity index is 1220. The van der Waals surface area contributed by atoms with Crippen molar-refractivity contribution in [2.75, 3.05) is 32.6 Å². The van der Waals surface area contributed by atoms with Crippen LogP contribution in [0.25, 0.3) is 10.8 Å². The second-order valence-electron chi connectivity index (χ2n) is 7.43. The molecular formula is C24H23ClFN3O5. The van der Waals surface area contributed by atoms with Crippen LogP contribution >= 0.6 is 11.6 Å². The summed E-state index contributed by atoms with van der Waals surface area (Å²) in [6.07, 6.45) is 1.27. The summed E-state index contributed by atoms with van der Waals surface area (Å²) in [6.45, 7) is 0.146. The highest BCUT2D eigenvalue weighted by atomic mass is 35.5. The van der Waals surface area contributed by atoms with Crippen molar-refractivity contribution < 1.29 is 28.2 Å². The minimum absolute atomic E-state index is 0.0329. The Morgan fingerprint density at radius 1 is 1.12 bits per heavy atom. The number of rotatable bonds is 8. The van der Waals surface area contributed by atoms with Gasteiger partial charge in [-0.15, -0.1) is 0 Å². The van der Waals surface area contributed by atoms with E-state index in [1.807, 2.05) is 0 Å². The Balaban J connectivity index is 1.44. The Kier molecular flexibility index (Phi) is 8.37. The lowest BCUT2D eigenvalue weighted by Crippen LogP contribution is -2.31. The van der Waals surface area contributed by atoms with E-state index in [1.165, 1.54) is 36.4 Å². The van der Waals surface area contributed by atoms with Crippen molar-refractivity contribution in [2.45, 2.75) is 12.8 Å². The van der Waals surface area contributed by atoms with Crippen molar-refractivity contribution in [3.8, 4) is 0 Å². The minimum atomic E-state index is -0.740. The predicted molar refractivity (Wildman–Crippen MR) is 125 cm³/mol. The van der Waals surface area contributed by atoms with Gasteiger partial charge in [-0.2, -0.15) is 0 Å². The number of carbonyl (C=O) groups is 3. The topological polar surface area (TPSA) is 97.8 Å². The lowest BCUT2D eigenvalue weighted by Gasteiger charge is -2.17. The number of aromatic nitrogens is 1. The van der Waals surface area contributed by atoms with Gasteiger partial charge < -0.3 is 14.4 Å². The molecule has 1 heterocycles. The van der Waals surface area contributed by atoms with E-state index >= 15 is 0 Å². The standard InChI is InChI=1S/C24H23ClFN3O5/c1-29(22(30)8-5-15-11-16(23(31)33-2)4-7-20(15)25)9-10-34-24(32)28-21-13-18-12-19(26)6-3-17(18)14-27-21/h3-4,6-7,11-14H,5,8-10H2,1-2H3,(H,27,28,32). The molecule has 0 spiro atoms. The number of anilines is 1. The van der Waals surface area contributed by atoms with Gasteiger partial charge in [0.2, 0.25) is 5.91 Å². The summed E-state index contributed by atoms with van der Waals surface area (Å²) in [5, 5.41) is 4.26. The number of aryl methyl sites for hydroxylation is 1. The third-order valence-electron chi connectivity index (χ3n) is 5.07. The number of benzene rings is 2. The van der Waals surface area contributed by atoms with E-state index in [0.29, 0.717) is 28.0 Å². The Morgan fingerprint density at radius 3 is 2.68 bits per heavy atom. The molecule has 2 aromatic carbocycles. The van der Waals surface area contributed by atoms with Crippen molar-refractivity contribution in [1.82, 2.24) is 9.88 Å². The molecule has 0 saturated carbocycles. The molecule has 8 nitrogen and oxygen atoms in total. The molecule has 1 N–H and O–H groups in total. The molecule has 2 amide bonds. The smallest absolute Gasteiger partial charge is 0.412 e. The molecule has 1 aromatic heterocycles. The molecule has 3 aromatic rings. The van der Waals surface area contributed by atoms with Gasteiger partial charge in [0.05, 0.1) is 19.2 Å². The van der Waals surface area contributed by atoms with E-state index < -0.39 is 17.9 Å². The van der Waals surface area contributed by atoms with Crippen LogP contribution in [-0.2, 0) is 20.7 Å². The summed E-state index contributed by atoms with van der Waals surface area (Å²) in [5.74, 6) is -0.832. The molecule has 0 unspecified atom stereocenters. The van der Waals surface area contributed by atoms with Crippen molar-refractivity contribution in [1.29, 1.82) is 0 Å². The summed E-state index contributed by atoms with van der Waals surface area (Å²) in [4.78, 5) is 41.6. The highest BCUT2D eigenvalue weighted by Crippen LogP contribution is 2.20. The number of hydrogen-bond acceptors (Lipinski definition) is 6. The number of amides is 2. The first-order valence-electron chi connectivity index (χ1n) is 10.4. The van der Waals surface area contributed by atoms with Gasteiger partial charge in [-0.05, 0) is 59.8 Å². The van der Waals surface area contributed by atoms with Crippen LogP contribution in [0.15, 0.2) is 48.7 Å². The first kappa shape index (κ1) is 24.9. The number of nitrogens with zero attached hydrogens (tertiary/aromatic N) is 2. The molecule has 3 rings (SSSR count). The molecule has 0 fully saturated rings. The highest BCUT2D eigenvalue weighted by molar-refractivity contribution is 6.31. The van der Waals surface area contributed by atoms with E-state index in [4.69, 9.17) is 21.1 Å². The number of nitrogens with one attached hydrogen (secondary N) is 1. The normalized spacial score (nSPS) is 10.6. The van der Waals surface area contributed by atoms with Crippen LogP contribution in [0.3, 0.4) is 0 Å². The lowest BCUT2D eigenvalue weighted by atomic mass is 10.1. The summed E-state index contributed by atoms with van der Waals surface area (Å²) < 4.78 is 23.2. The van der Waals surface area contributed by atoms with Crippen molar-refractivity contribution in [3.63, 3.8) is 0 Å². The van der Waals surface area contributed by atoms with E-state index in [2.05, 4.69) is 10.3 Å². The first-order valence-corrected chi connectivity index (χ1v) is 10.7. The van der Waals surface area contributed by atoms with Crippen molar-refractivity contribution >= 4 is 46.2 Å². The maximum absolute atomic E-state index is 13.4. The number of hydrogen-bond donors (Lipinski definition) is 1. The zero-order valence-corrected chi connectivity index (χ0v) is 19.4. The van der Waals surface area contributed by atoms with Crippen LogP contribution in [0.1, 0.15) is 22.3 Å². The number of likely N-dealkylation sites (N-methyl/N-ethyl adjacent to an activating group) is 1. The fourth-order valence-corrected chi connectivity index (χ4v) is 3.38. The predicted octanol–water partition coefficient (Wildman–Crippen LogP) is 4.45. The fraction of sp³-hybridized carbons (Fsp3) is 0.250. The van der Waals surface area contributed by atoms with E-state index in [-0.39, 0.29) is 31.3 Å². The van der Waals surface area contributed by atoms with Gasteiger partial charge in [-0.3, -0.25) is 10.1 Å². The zero-order chi connectivity index (χ0) is 24.7. The zero-order valence-electron chi connectivity index (χ0n) is 18.6. The van der Waals surface area contributed by atoms with Crippen molar-refractivity contribution in [3.05, 3.63) is 70.6 Å². The van der Waals surface area contributed by atoms with E-state index in [0.717, 1.165) is 5.39 Å². The molecular weight excluding hydrogens is 465 g/mol. The van der Waals surface area contributed by atoms with Crippen molar-refractivity contribution in [2.24, 2.45) is 0 Å². The van der Waals surface area contributed by atoms with Crippen LogP contribution in [0.4, 0.5) is 15.0 Å². The molecule has 0 saturated heterocycles. The number of carbonyl (C=O) groups excluding carboxylic acids is 3. The molecule has 0 aliphatic carbocycles. The summed E-state index contributed by atoms with van der Waals surface area (Å²) >= 11 is 6.17. The molecule has 34 heavy (non-hydrogen) atoms. The van der Waals surface area contributed by atoms with E-state index in [1.54, 1.807) is 31.3 Å². The fourth-order valence-electron chi connectivity index (χ4n) is 3.16. The molecule has 0 aliphatic rings. The molecule has 178 valence electrons. The summed E-state index contributed by atoms with van der Waals surface area (Å²) in [6, 6.07) is 10.5. The average Bonchev–Trinajstić information content (AvgIpc) is 2.82. The largest absolute Gasteiger partial charge is 0.465 e.